The Morgan fingerprint density at radius 3 is 2.62 bits per heavy atom. The molecule has 3 aromatic rings. The molecule has 0 radical (unpaired) electrons. The largest absolute Gasteiger partial charge is 0.476 e. The second-order valence-corrected chi connectivity index (χ2v) is 12.1. The molecule has 0 saturated carbocycles. The van der Waals surface area contributed by atoms with Gasteiger partial charge in [-0.25, -0.2) is 9.67 Å². The van der Waals surface area contributed by atoms with Crippen molar-refractivity contribution < 1.29 is 22.7 Å². The monoisotopic (exact) mass is 565 g/mol. The molecular formula is C26H34F3N7O2S. The number of amides is 1. The van der Waals surface area contributed by atoms with Crippen LogP contribution >= 0.6 is 10.7 Å². The molecule has 0 aliphatic carbocycles. The molecule has 1 unspecified atom stereocenters. The SMILES string of the molecule is C/C=S(/NC(=O)c1ccc(-n2ccc(OCCC(F)(F)F)n2)nc1N1C[C@@H](C)CC1(C)C)c1cn(C)nc1C. The van der Waals surface area contributed by atoms with Crippen LogP contribution in [0.3, 0.4) is 0 Å². The molecule has 1 amide bonds. The van der Waals surface area contributed by atoms with Crippen molar-refractivity contribution >= 4 is 27.8 Å². The van der Waals surface area contributed by atoms with Gasteiger partial charge in [0.15, 0.2) is 5.82 Å². The van der Waals surface area contributed by atoms with Crippen molar-refractivity contribution in [3.05, 3.63) is 41.9 Å². The number of pyridine rings is 1. The van der Waals surface area contributed by atoms with Gasteiger partial charge in [0.05, 0.1) is 29.2 Å². The first-order valence-electron chi connectivity index (χ1n) is 12.7. The number of rotatable bonds is 8. The predicted octanol–water partition coefficient (Wildman–Crippen LogP) is 5.06. The van der Waals surface area contributed by atoms with Crippen LogP contribution in [0.25, 0.3) is 5.82 Å². The highest BCUT2D eigenvalue weighted by molar-refractivity contribution is 8.13. The highest BCUT2D eigenvalue weighted by Crippen LogP contribution is 2.38. The van der Waals surface area contributed by atoms with Crippen molar-refractivity contribution in [1.29, 1.82) is 0 Å². The van der Waals surface area contributed by atoms with E-state index in [4.69, 9.17) is 9.72 Å². The zero-order chi connectivity index (χ0) is 28.5. The highest BCUT2D eigenvalue weighted by atomic mass is 32.2. The summed E-state index contributed by atoms with van der Waals surface area (Å²) < 4.78 is 48.9. The van der Waals surface area contributed by atoms with E-state index in [1.165, 1.54) is 10.7 Å². The van der Waals surface area contributed by atoms with Crippen LogP contribution in [0, 0.1) is 12.8 Å². The van der Waals surface area contributed by atoms with E-state index in [-0.39, 0.29) is 17.3 Å². The van der Waals surface area contributed by atoms with Gasteiger partial charge in [0.1, 0.15) is 5.82 Å². The number of ether oxygens (including phenoxy) is 1. The number of anilines is 1. The van der Waals surface area contributed by atoms with Gasteiger partial charge in [-0.2, -0.15) is 18.3 Å². The third kappa shape index (κ3) is 6.63. The number of alkyl halides is 3. The number of hydrogen-bond donors (Lipinski definition) is 1. The lowest BCUT2D eigenvalue weighted by Crippen LogP contribution is -2.40. The zero-order valence-corrected chi connectivity index (χ0v) is 23.7. The van der Waals surface area contributed by atoms with E-state index in [9.17, 15) is 18.0 Å². The van der Waals surface area contributed by atoms with Crippen molar-refractivity contribution in [1.82, 2.24) is 29.3 Å². The maximum atomic E-state index is 13.7. The molecule has 39 heavy (non-hydrogen) atoms. The first kappa shape index (κ1) is 28.7. The molecule has 1 saturated heterocycles. The normalized spacial score (nSPS) is 18.0. The van der Waals surface area contributed by atoms with E-state index >= 15 is 0 Å². The van der Waals surface area contributed by atoms with Gasteiger partial charge >= 0.3 is 6.18 Å². The number of aromatic nitrogens is 5. The number of aryl methyl sites for hydroxylation is 2. The average Bonchev–Trinajstić information content (AvgIpc) is 3.52. The van der Waals surface area contributed by atoms with Crippen LogP contribution in [0.1, 0.15) is 56.6 Å². The first-order valence-corrected chi connectivity index (χ1v) is 13.9. The molecule has 3 aromatic heterocycles. The Kier molecular flexibility index (Phi) is 8.10. The van der Waals surface area contributed by atoms with Crippen molar-refractivity contribution in [2.45, 2.75) is 64.1 Å². The molecule has 1 aliphatic heterocycles. The number of halogens is 3. The maximum Gasteiger partial charge on any atom is 0.392 e. The third-order valence-electron chi connectivity index (χ3n) is 6.51. The van der Waals surface area contributed by atoms with E-state index in [2.05, 4.69) is 40.6 Å². The van der Waals surface area contributed by atoms with Gasteiger partial charge in [0.2, 0.25) is 5.88 Å². The molecule has 9 nitrogen and oxygen atoms in total. The highest BCUT2D eigenvalue weighted by Gasteiger charge is 2.39. The molecule has 13 heteroatoms. The minimum atomic E-state index is -4.31. The molecular weight excluding hydrogens is 531 g/mol. The molecule has 4 heterocycles. The Morgan fingerprint density at radius 1 is 1.28 bits per heavy atom. The van der Waals surface area contributed by atoms with Crippen molar-refractivity contribution in [2.75, 3.05) is 18.1 Å². The fraction of sp³-hybridized carbons (Fsp3) is 0.500. The van der Waals surface area contributed by atoms with E-state index in [0.717, 1.165) is 23.6 Å². The molecule has 0 bridgehead atoms. The van der Waals surface area contributed by atoms with E-state index in [0.29, 0.717) is 23.1 Å². The van der Waals surface area contributed by atoms with Gasteiger partial charge in [-0.15, -0.1) is 5.10 Å². The van der Waals surface area contributed by atoms with Gasteiger partial charge in [-0.1, -0.05) is 17.6 Å². The summed E-state index contributed by atoms with van der Waals surface area (Å²) in [4.78, 5) is 21.6. The topological polar surface area (TPSA) is 90.1 Å². The Hall–Kier alpha value is -3.35. The third-order valence-corrected chi connectivity index (χ3v) is 8.26. The molecule has 0 aromatic carbocycles. The van der Waals surface area contributed by atoms with Crippen LogP contribution in [0.5, 0.6) is 5.88 Å². The smallest absolute Gasteiger partial charge is 0.392 e. The van der Waals surface area contributed by atoms with Crippen LogP contribution in [0.4, 0.5) is 19.0 Å². The fourth-order valence-electron chi connectivity index (χ4n) is 4.88. The lowest BCUT2D eigenvalue weighted by molar-refractivity contribution is -0.139. The molecule has 1 N–H and O–H groups in total. The molecule has 2 atom stereocenters. The summed E-state index contributed by atoms with van der Waals surface area (Å²) in [6.45, 7) is 10.4. The Bertz CT molecular complexity index is 1380. The second-order valence-electron chi connectivity index (χ2n) is 10.3. The Morgan fingerprint density at radius 2 is 2.03 bits per heavy atom. The van der Waals surface area contributed by atoms with Gasteiger partial charge < -0.3 is 9.64 Å². The average molecular weight is 566 g/mol. The van der Waals surface area contributed by atoms with Crippen LogP contribution in [-0.2, 0) is 7.05 Å². The molecule has 0 spiro atoms. The van der Waals surface area contributed by atoms with Gasteiger partial charge in [-0.05, 0) is 57.5 Å². The Balaban J connectivity index is 1.66. The standard InChI is InChI=1S/C26H34F3N7O2S/c1-7-39(20-16-34(6)31-18(20)3)33-24(37)19-8-9-21(30-23(19)35-15-17(2)14-25(35,4)5)36-12-10-22(32-36)38-13-11-26(27,28)29/h7-10,12,16-17H,11,13-15H2,1-6H3,(H,33,37)/t17-,39?/m0/s1. The van der Waals surface area contributed by atoms with Gasteiger partial charge in [0, 0.05) is 37.6 Å². The van der Waals surface area contributed by atoms with E-state index in [1.807, 2.05) is 32.5 Å². The summed E-state index contributed by atoms with van der Waals surface area (Å²) >= 11 is 0. The summed E-state index contributed by atoms with van der Waals surface area (Å²) in [5.74, 6) is 1.15. The first-order chi connectivity index (χ1) is 18.3. The zero-order valence-electron chi connectivity index (χ0n) is 22.9. The lowest BCUT2D eigenvalue weighted by Gasteiger charge is -2.34. The minimum absolute atomic E-state index is 0.0638. The number of nitrogens with zero attached hydrogens (tertiary/aromatic N) is 6. The summed E-state index contributed by atoms with van der Waals surface area (Å²) in [7, 11) is 1.17. The molecule has 4 rings (SSSR count). The van der Waals surface area contributed by atoms with E-state index in [1.54, 1.807) is 23.0 Å². The van der Waals surface area contributed by atoms with Crippen molar-refractivity contribution in [2.24, 2.45) is 13.0 Å². The summed E-state index contributed by atoms with van der Waals surface area (Å²) in [5.41, 5.74) is 1.03. The predicted molar refractivity (Wildman–Crippen MR) is 146 cm³/mol. The number of nitrogens with one attached hydrogen (secondary N) is 1. The maximum absolute atomic E-state index is 13.7. The van der Waals surface area contributed by atoms with Crippen molar-refractivity contribution in [3.63, 3.8) is 0 Å². The van der Waals surface area contributed by atoms with Crippen LogP contribution < -0.4 is 14.4 Å². The Labute approximate surface area is 228 Å². The second kappa shape index (κ2) is 11.0. The summed E-state index contributed by atoms with van der Waals surface area (Å²) in [5, 5.41) is 10.6. The quantitative estimate of drug-likeness (QED) is 0.384. The number of carbonyl (C=O) groups excluding carboxylic acids is 1. The van der Waals surface area contributed by atoms with Crippen molar-refractivity contribution in [3.8, 4) is 11.7 Å². The number of carbonyl (C=O) groups is 1. The fourth-order valence-corrected chi connectivity index (χ4v) is 6.30. The van der Waals surface area contributed by atoms with Gasteiger partial charge in [-0.3, -0.25) is 14.2 Å². The molecule has 1 fully saturated rings. The summed E-state index contributed by atoms with van der Waals surface area (Å²) in [6, 6.07) is 4.87. The number of hydrogen-bond acceptors (Lipinski definition) is 6. The molecule has 1 aliphatic rings. The minimum Gasteiger partial charge on any atom is -0.476 e. The van der Waals surface area contributed by atoms with Gasteiger partial charge in [0.25, 0.3) is 5.91 Å². The van der Waals surface area contributed by atoms with Crippen LogP contribution in [-0.4, -0.2) is 60.7 Å². The summed E-state index contributed by atoms with van der Waals surface area (Å²) in [6.07, 6.45) is -0.968. The van der Waals surface area contributed by atoms with Crippen LogP contribution in [0.15, 0.2) is 35.5 Å². The van der Waals surface area contributed by atoms with E-state index < -0.39 is 29.9 Å². The lowest BCUT2D eigenvalue weighted by atomic mass is 9.97. The van der Waals surface area contributed by atoms with Crippen LogP contribution in [0.2, 0.25) is 0 Å². The molecule has 212 valence electrons.